The monoisotopic (exact) mass is 490 g/mol. The predicted molar refractivity (Wildman–Crippen MR) is 119 cm³/mol. The highest BCUT2D eigenvalue weighted by molar-refractivity contribution is 9.10. The van der Waals surface area contributed by atoms with Crippen LogP contribution in [0.25, 0.3) is 6.08 Å². The number of imide groups is 1. The molecule has 3 amide bonds. The number of nitrogens with one attached hydrogen (secondary N) is 1. The summed E-state index contributed by atoms with van der Waals surface area (Å²) >= 11 is 4.09. The second-order valence-corrected chi connectivity index (χ2v) is 8.25. The molecule has 0 saturated carbocycles. The third kappa shape index (κ3) is 4.85. The Morgan fingerprint density at radius 2 is 2.03 bits per heavy atom. The van der Waals surface area contributed by atoms with Gasteiger partial charge in [0, 0.05) is 10.2 Å². The number of carbonyl (C=O) groups excluding carboxylic acids is 3. The first-order chi connectivity index (χ1) is 14.3. The van der Waals surface area contributed by atoms with Gasteiger partial charge in [0.1, 0.15) is 6.54 Å². The van der Waals surface area contributed by atoms with Crippen LogP contribution in [0, 0.1) is 6.92 Å². The van der Waals surface area contributed by atoms with Crippen LogP contribution in [0.3, 0.4) is 0 Å². The van der Waals surface area contributed by atoms with E-state index in [0.29, 0.717) is 22.3 Å². The molecule has 0 aliphatic carbocycles. The molecule has 0 unspecified atom stereocenters. The molecule has 1 heterocycles. The van der Waals surface area contributed by atoms with E-state index in [1.807, 2.05) is 19.1 Å². The van der Waals surface area contributed by atoms with Crippen LogP contribution >= 0.6 is 27.7 Å². The Morgan fingerprint density at radius 1 is 1.30 bits per heavy atom. The van der Waals surface area contributed by atoms with Crippen molar-refractivity contribution in [1.82, 2.24) is 4.90 Å². The van der Waals surface area contributed by atoms with Crippen LogP contribution in [0.5, 0.6) is 11.5 Å². The van der Waals surface area contributed by atoms with Crippen molar-refractivity contribution < 1.29 is 24.2 Å². The lowest BCUT2D eigenvalue weighted by Gasteiger charge is -2.13. The number of halogens is 1. The first kappa shape index (κ1) is 21.9. The Morgan fingerprint density at radius 3 is 2.73 bits per heavy atom. The van der Waals surface area contributed by atoms with Crippen LogP contribution in [0.4, 0.5) is 10.5 Å². The number of hydrogen-bond donors (Lipinski definition) is 2. The van der Waals surface area contributed by atoms with Crippen LogP contribution in [0.15, 0.2) is 45.8 Å². The van der Waals surface area contributed by atoms with Crippen molar-refractivity contribution in [3.8, 4) is 11.5 Å². The Bertz CT molecular complexity index is 1050. The molecule has 1 aliphatic heterocycles. The zero-order chi connectivity index (χ0) is 21.8. The van der Waals surface area contributed by atoms with Crippen molar-refractivity contribution in [2.45, 2.75) is 13.8 Å². The summed E-state index contributed by atoms with van der Waals surface area (Å²) in [4.78, 5) is 38.5. The second kappa shape index (κ2) is 9.36. The van der Waals surface area contributed by atoms with Gasteiger partial charge in [0.15, 0.2) is 11.5 Å². The van der Waals surface area contributed by atoms with Gasteiger partial charge in [0.2, 0.25) is 5.91 Å². The normalized spacial score (nSPS) is 15.0. The van der Waals surface area contributed by atoms with Gasteiger partial charge in [-0.1, -0.05) is 34.1 Å². The number of anilines is 1. The third-order valence-electron chi connectivity index (χ3n) is 4.26. The van der Waals surface area contributed by atoms with E-state index < -0.39 is 17.1 Å². The van der Waals surface area contributed by atoms with E-state index in [1.165, 1.54) is 12.1 Å². The van der Waals surface area contributed by atoms with Crippen LogP contribution in [-0.4, -0.2) is 40.2 Å². The molecule has 2 aromatic carbocycles. The maximum Gasteiger partial charge on any atom is 0.294 e. The Labute approximate surface area is 186 Å². The molecule has 7 nitrogen and oxygen atoms in total. The van der Waals surface area contributed by atoms with Crippen molar-refractivity contribution in [2.75, 3.05) is 18.5 Å². The molecule has 1 fully saturated rings. The Kier molecular flexibility index (Phi) is 6.84. The summed E-state index contributed by atoms with van der Waals surface area (Å²) < 4.78 is 5.90. The largest absolute Gasteiger partial charge is 0.504 e. The highest BCUT2D eigenvalue weighted by Crippen LogP contribution is 2.37. The molecule has 9 heteroatoms. The van der Waals surface area contributed by atoms with Gasteiger partial charge < -0.3 is 15.2 Å². The fourth-order valence-corrected chi connectivity index (χ4v) is 4.04. The number of thioether (sulfide) groups is 1. The molecule has 1 aliphatic rings. The molecule has 2 N–H and O–H groups in total. The van der Waals surface area contributed by atoms with Gasteiger partial charge in [-0.2, -0.15) is 0 Å². The molecular formula is C21H19BrN2O5S. The smallest absolute Gasteiger partial charge is 0.294 e. The first-order valence-electron chi connectivity index (χ1n) is 9.06. The van der Waals surface area contributed by atoms with Gasteiger partial charge in [-0.15, -0.1) is 0 Å². The molecule has 3 rings (SSSR count). The number of ether oxygens (including phenoxy) is 1. The van der Waals surface area contributed by atoms with E-state index in [0.717, 1.165) is 22.2 Å². The minimum absolute atomic E-state index is 0.0399. The minimum Gasteiger partial charge on any atom is -0.504 e. The number of benzene rings is 2. The molecule has 0 aromatic heterocycles. The van der Waals surface area contributed by atoms with Crippen molar-refractivity contribution in [3.05, 3.63) is 56.9 Å². The standard InChI is InChI=1S/C21H19BrN2O5S/c1-3-29-17-8-13(14(22)10-16(17)25)9-18-20(27)24(21(28)30-18)11-19(26)23-15-7-5-4-6-12(15)2/h4-10,25H,3,11H2,1-2H3,(H,23,26)/b18-9-. The van der Waals surface area contributed by atoms with Crippen LogP contribution < -0.4 is 10.1 Å². The van der Waals surface area contributed by atoms with Crippen LogP contribution in [-0.2, 0) is 9.59 Å². The molecular weight excluding hydrogens is 472 g/mol. The lowest BCUT2D eigenvalue weighted by molar-refractivity contribution is -0.127. The number of nitrogens with zero attached hydrogens (tertiary/aromatic N) is 1. The van der Waals surface area contributed by atoms with E-state index in [9.17, 15) is 19.5 Å². The molecule has 0 radical (unpaired) electrons. The average molecular weight is 491 g/mol. The molecule has 0 atom stereocenters. The fourth-order valence-electron chi connectivity index (χ4n) is 2.76. The zero-order valence-corrected chi connectivity index (χ0v) is 18.7. The van der Waals surface area contributed by atoms with Crippen LogP contribution in [0.1, 0.15) is 18.1 Å². The number of aromatic hydroxyl groups is 1. The van der Waals surface area contributed by atoms with E-state index in [2.05, 4.69) is 21.2 Å². The summed E-state index contributed by atoms with van der Waals surface area (Å²) in [5, 5.41) is 12.1. The number of rotatable bonds is 6. The van der Waals surface area contributed by atoms with Crippen molar-refractivity contribution in [1.29, 1.82) is 0 Å². The van der Waals surface area contributed by atoms with E-state index in [-0.39, 0.29) is 22.9 Å². The quantitative estimate of drug-likeness (QED) is 0.577. The number of hydrogen-bond acceptors (Lipinski definition) is 6. The topological polar surface area (TPSA) is 95.9 Å². The van der Waals surface area contributed by atoms with E-state index in [4.69, 9.17) is 4.74 Å². The average Bonchev–Trinajstić information content (AvgIpc) is 2.95. The van der Waals surface area contributed by atoms with Crippen LogP contribution in [0.2, 0.25) is 0 Å². The zero-order valence-electron chi connectivity index (χ0n) is 16.3. The van der Waals surface area contributed by atoms with Gasteiger partial charge in [-0.05, 0) is 61.0 Å². The number of aryl methyl sites for hydroxylation is 1. The SMILES string of the molecule is CCOc1cc(/C=C2\SC(=O)N(CC(=O)Nc3ccccc3C)C2=O)c(Br)cc1O. The maximum absolute atomic E-state index is 12.7. The molecule has 2 aromatic rings. The first-order valence-corrected chi connectivity index (χ1v) is 10.7. The van der Waals surface area contributed by atoms with Gasteiger partial charge >= 0.3 is 0 Å². The number of carbonyl (C=O) groups is 3. The van der Waals surface area contributed by atoms with Crippen molar-refractivity contribution in [2.24, 2.45) is 0 Å². The highest BCUT2D eigenvalue weighted by atomic mass is 79.9. The lowest BCUT2D eigenvalue weighted by atomic mass is 10.2. The van der Waals surface area contributed by atoms with Crippen molar-refractivity contribution in [3.63, 3.8) is 0 Å². The summed E-state index contributed by atoms with van der Waals surface area (Å²) in [7, 11) is 0. The lowest BCUT2D eigenvalue weighted by Crippen LogP contribution is -2.36. The van der Waals surface area contributed by atoms with Crippen molar-refractivity contribution >= 4 is 56.5 Å². The summed E-state index contributed by atoms with van der Waals surface area (Å²) in [6.45, 7) is 3.62. The van der Waals surface area contributed by atoms with Gasteiger partial charge in [0.25, 0.3) is 11.1 Å². The Hall–Kier alpha value is -2.78. The summed E-state index contributed by atoms with van der Waals surface area (Å²) in [6.07, 6.45) is 1.52. The predicted octanol–water partition coefficient (Wildman–Crippen LogP) is 4.54. The molecule has 1 saturated heterocycles. The minimum atomic E-state index is -0.553. The molecule has 30 heavy (non-hydrogen) atoms. The Balaban J connectivity index is 1.77. The van der Waals surface area contributed by atoms with Gasteiger partial charge in [0.05, 0.1) is 11.5 Å². The molecule has 0 spiro atoms. The molecule has 156 valence electrons. The summed E-state index contributed by atoms with van der Waals surface area (Å²) in [5.74, 6) is -0.786. The second-order valence-electron chi connectivity index (χ2n) is 6.41. The van der Waals surface area contributed by atoms with Gasteiger partial charge in [-0.3, -0.25) is 19.3 Å². The van der Waals surface area contributed by atoms with E-state index in [1.54, 1.807) is 25.1 Å². The number of amides is 3. The number of phenolic OH excluding ortho intramolecular Hbond substituents is 1. The summed E-state index contributed by atoms with van der Waals surface area (Å²) in [6, 6.07) is 10.3. The number of para-hydroxylation sites is 1. The van der Waals surface area contributed by atoms with Gasteiger partial charge in [-0.25, -0.2) is 0 Å². The van der Waals surface area contributed by atoms with E-state index >= 15 is 0 Å². The third-order valence-corrected chi connectivity index (χ3v) is 5.85. The number of phenols is 1. The maximum atomic E-state index is 12.7. The molecule has 0 bridgehead atoms. The summed E-state index contributed by atoms with van der Waals surface area (Å²) in [5.41, 5.74) is 2.06. The fraction of sp³-hybridized carbons (Fsp3) is 0.190. The highest BCUT2D eigenvalue weighted by Gasteiger charge is 2.36.